The third-order valence-corrected chi connectivity index (χ3v) is 9.74. The minimum absolute atomic E-state index is 0.245. The second-order valence-corrected chi connectivity index (χ2v) is 10.8. The number of fused-ring (bicyclic) bond motifs is 5. The molecule has 26 heavy (non-hydrogen) atoms. The van der Waals surface area contributed by atoms with Gasteiger partial charge in [-0.1, -0.05) is 13.8 Å². The largest absolute Gasteiger partial charge is 0.389 e. The number of carbonyl (C=O) groups is 1. The zero-order chi connectivity index (χ0) is 18.7. The fourth-order valence-electron chi connectivity index (χ4n) is 8.34. The number of ketones is 1. The summed E-state index contributed by atoms with van der Waals surface area (Å²) in [5.41, 5.74) is -0.0174. The van der Waals surface area contributed by atoms with Gasteiger partial charge >= 0.3 is 0 Å². The predicted molar refractivity (Wildman–Crippen MR) is 104 cm³/mol. The summed E-state index contributed by atoms with van der Waals surface area (Å²) >= 11 is 0. The van der Waals surface area contributed by atoms with Crippen LogP contribution < -0.4 is 0 Å². The fraction of sp³-hybridized carbons (Fsp3) is 0.875. The first-order chi connectivity index (χ1) is 12.2. The third-order valence-electron chi connectivity index (χ3n) is 9.74. The van der Waals surface area contributed by atoms with Crippen molar-refractivity contribution in [2.75, 3.05) is 0 Å². The summed E-state index contributed by atoms with van der Waals surface area (Å²) < 4.78 is 0. The van der Waals surface area contributed by atoms with Gasteiger partial charge in [-0.2, -0.15) is 0 Å². The minimum Gasteiger partial charge on any atom is -0.389 e. The Morgan fingerprint density at radius 2 is 1.77 bits per heavy atom. The number of carbonyl (C=O) groups excluding carboxylic acids is 1. The van der Waals surface area contributed by atoms with Crippen molar-refractivity contribution in [3.8, 4) is 12.3 Å². The lowest BCUT2D eigenvalue weighted by molar-refractivity contribution is -0.152. The van der Waals surface area contributed by atoms with E-state index in [9.17, 15) is 9.90 Å². The number of terminal acetylenes is 1. The molecular formula is C24H36O2. The summed E-state index contributed by atoms with van der Waals surface area (Å²) in [6.45, 7) is 6.76. The number of aliphatic hydroxyl groups is 1. The van der Waals surface area contributed by atoms with E-state index in [-0.39, 0.29) is 5.41 Å². The lowest BCUT2D eigenvalue weighted by Crippen LogP contribution is -2.56. The van der Waals surface area contributed by atoms with Crippen molar-refractivity contribution in [3.63, 3.8) is 0 Å². The molecule has 0 bridgehead atoms. The van der Waals surface area contributed by atoms with E-state index in [1.807, 2.05) is 6.92 Å². The van der Waals surface area contributed by atoms with E-state index in [0.29, 0.717) is 29.5 Å². The molecule has 4 rings (SSSR count). The number of rotatable bonds is 2. The van der Waals surface area contributed by atoms with Gasteiger partial charge in [0.25, 0.3) is 0 Å². The molecule has 0 aromatic rings. The monoisotopic (exact) mass is 356 g/mol. The van der Waals surface area contributed by atoms with Crippen LogP contribution in [0.25, 0.3) is 0 Å². The first kappa shape index (κ1) is 18.5. The molecular weight excluding hydrogens is 320 g/mol. The van der Waals surface area contributed by atoms with Crippen LogP contribution >= 0.6 is 0 Å². The Balaban J connectivity index is 1.58. The maximum Gasteiger partial charge on any atom is 0.133 e. The molecule has 0 saturated heterocycles. The highest BCUT2D eigenvalue weighted by atomic mass is 16.3. The summed E-state index contributed by atoms with van der Waals surface area (Å²) in [6, 6.07) is 0. The maximum absolute atomic E-state index is 12.2. The number of Topliss-reactive ketones (excluding diaryl/α,β-unsaturated/α-hetero) is 1. The van der Waals surface area contributed by atoms with Gasteiger partial charge in [-0.05, 0) is 99.2 Å². The van der Waals surface area contributed by atoms with Crippen molar-refractivity contribution < 1.29 is 9.90 Å². The van der Waals surface area contributed by atoms with Gasteiger partial charge in [-0.25, -0.2) is 0 Å². The molecule has 0 aromatic carbocycles. The molecule has 0 aliphatic heterocycles. The van der Waals surface area contributed by atoms with Gasteiger partial charge in [0.05, 0.1) is 5.60 Å². The van der Waals surface area contributed by atoms with Crippen molar-refractivity contribution >= 4 is 5.78 Å². The standard InChI is InChI=1S/C24H36O2/c1-5-11-24(26)14-13-22(3)17(15-24)6-7-18-20-9-8-19(16(2)25)23(20,4)12-10-21(18)22/h1,17-21,26H,6-15H2,2-4H3/t17-,18-,19+,20-,21-,22-,23+,24+/m0/s1. The minimum atomic E-state index is -0.623. The highest BCUT2D eigenvalue weighted by Gasteiger charge is 2.61. The molecule has 0 radical (unpaired) electrons. The van der Waals surface area contributed by atoms with Gasteiger partial charge in [0, 0.05) is 12.3 Å². The lowest BCUT2D eigenvalue weighted by atomic mass is 9.43. The Hall–Kier alpha value is -0.810. The van der Waals surface area contributed by atoms with Gasteiger partial charge in [-0.3, -0.25) is 4.79 Å². The molecule has 4 fully saturated rings. The first-order valence-corrected chi connectivity index (χ1v) is 10.9. The van der Waals surface area contributed by atoms with Gasteiger partial charge in [0.15, 0.2) is 0 Å². The molecule has 4 saturated carbocycles. The Morgan fingerprint density at radius 1 is 1.04 bits per heavy atom. The Bertz CT molecular complexity index is 633. The average Bonchev–Trinajstić information content (AvgIpc) is 2.93. The SMILES string of the molecule is C#CC[C@@]1(O)CC[C@@]2(C)[C@@H](CC[C@@H]3[C@@H]2CC[C@]2(C)[C@@H](C(C)=O)CC[C@@H]32)C1. The van der Waals surface area contributed by atoms with Crippen LogP contribution in [0.5, 0.6) is 0 Å². The molecule has 144 valence electrons. The van der Waals surface area contributed by atoms with Crippen LogP contribution in [0, 0.1) is 52.8 Å². The van der Waals surface area contributed by atoms with Crippen molar-refractivity contribution in [2.45, 2.75) is 90.6 Å². The maximum atomic E-state index is 12.2. The molecule has 2 nitrogen and oxygen atoms in total. The summed E-state index contributed by atoms with van der Waals surface area (Å²) in [5.74, 6) is 6.35. The van der Waals surface area contributed by atoms with Crippen molar-refractivity contribution in [3.05, 3.63) is 0 Å². The number of hydrogen-bond acceptors (Lipinski definition) is 2. The molecule has 8 atom stereocenters. The van der Waals surface area contributed by atoms with Crippen LogP contribution in [0.15, 0.2) is 0 Å². The Labute approximate surface area is 159 Å². The summed E-state index contributed by atoms with van der Waals surface area (Å²) in [4.78, 5) is 12.2. The zero-order valence-corrected chi connectivity index (χ0v) is 16.9. The second kappa shape index (κ2) is 6.10. The summed E-state index contributed by atoms with van der Waals surface area (Å²) in [5, 5.41) is 10.9. The predicted octanol–water partition coefficient (Wildman–Crippen LogP) is 4.99. The van der Waals surface area contributed by atoms with Gasteiger partial charge in [0.1, 0.15) is 5.78 Å². The average molecular weight is 357 g/mol. The lowest BCUT2D eigenvalue weighted by Gasteiger charge is -2.62. The van der Waals surface area contributed by atoms with E-state index >= 15 is 0 Å². The van der Waals surface area contributed by atoms with Gasteiger partial charge in [-0.15, -0.1) is 12.3 Å². The molecule has 0 amide bonds. The smallest absolute Gasteiger partial charge is 0.133 e. The molecule has 4 aliphatic rings. The van der Waals surface area contributed by atoms with E-state index < -0.39 is 5.60 Å². The van der Waals surface area contributed by atoms with Crippen LogP contribution in [0.3, 0.4) is 0 Å². The molecule has 4 aliphatic carbocycles. The molecule has 0 unspecified atom stereocenters. The van der Waals surface area contributed by atoms with Crippen molar-refractivity contribution in [2.24, 2.45) is 40.4 Å². The van der Waals surface area contributed by atoms with Crippen LogP contribution in [0.1, 0.15) is 85.0 Å². The highest BCUT2D eigenvalue weighted by molar-refractivity contribution is 5.79. The van der Waals surface area contributed by atoms with E-state index in [1.165, 1.54) is 32.1 Å². The summed E-state index contributed by atoms with van der Waals surface area (Å²) in [7, 11) is 0. The molecule has 1 N–H and O–H groups in total. The normalized spacial score (nSPS) is 53.1. The zero-order valence-electron chi connectivity index (χ0n) is 16.9. The van der Waals surface area contributed by atoms with Gasteiger partial charge < -0.3 is 5.11 Å². The van der Waals surface area contributed by atoms with Crippen LogP contribution in [0.4, 0.5) is 0 Å². The Morgan fingerprint density at radius 3 is 2.46 bits per heavy atom. The summed E-state index contributed by atoms with van der Waals surface area (Å²) in [6.07, 6.45) is 16.3. The number of hydrogen-bond donors (Lipinski definition) is 1. The van der Waals surface area contributed by atoms with Gasteiger partial charge in [0.2, 0.25) is 0 Å². The quantitative estimate of drug-likeness (QED) is 0.708. The van der Waals surface area contributed by atoms with E-state index in [1.54, 1.807) is 0 Å². The van der Waals surface area contributed by atoms with Crippen LogP contribution in [-0.4, -0.2) is 16.5 Å². The van der Waals surface area contributed by atoms with Crippen molar-refractivity contribution in [1.82, 2.24) is 0 Å². The topological polar surface area (TPSA) is 37.3 Å². The Kier molecular flexibility index (Phi) is 4.35. The molecule has 0 spiro atoms. The molecule has 2 heteroatoms. The van der Waals surface area contributed by atoms with Crippen molar-refractivity contribution in [1.29, 1.82) is 0 Å². The second-order valence-electron chi connectivity index (χ2n) is 10.8. The van der Waals surface area contributed by atoms with Crippen LogP contribution in [0.2, 0.25) is 0 Å². The van der Waals surface area contributed by atoms with E-state index in [2.05, 4.69) is 19.8 Å². The fourth-order valence-corrected chi connectivity index (χ4v) is 8.34. The highest BCUT2D eigenvalue weighted by Crippen LogP contribution is 2.68. The molecule has 0 heterocycles. The first-order valence-electron chi connectivity index (χ1n) is 10.9. The van der Waals surface area contributed by atoms with Crippen LogP contribution in [-0.2, 0) is 4.79 Å². The van der Waals surface area contributed by atoms with E-state index in [4.69, 9.17) is 6.42 Å². The molecule has 0 aromatic heterocycles. The van der Waals surface area contributed by atoms with E-state index in [0.717, 1.165) is 43.4 Å². The third kappa shape index (κ3) is 2.53.